The van der Waals surface area contributed by atoms with Crippen molar-refractivity contribution < 1.29 is 14.3 Å². The quantitative estimate of drug-likeness (QED) is 0.684. The van der Waals surface area contributed by atoms with E-state index >= 15 is 0 Å². The molecule has 1 aromatic carbocycles. The van der Waals surface area contributed by atoms with Crippen LogP contribution in [0.25, 0.3) is 11.1 Å². The van der Waals surface area contributed by atoms with E-state index in [9.17, 15) is 9.59 Å². The topological polar surface area (TPSA) is 95.3 Å². The van der Waals surface area contributed by atoms with E-state index in [1.165, 1.54) is 0 Å². The smallest absolute Gasteiger partial charge is 0.417 e. The number of benzene rings is 1. The van der Waals surface area contributed by atoms with Gasteiger partial charge in [0, 0.05) is 6.54 Å². The van der Waals surface area contributed by atoms with Gasteiger partial charge in [-0.15, -0.1) is 0 Å². The summed E-state index contributed by atoms with van der Waals surface area (Å²) in [6.45, 7) is 2.92. The normalized spacial score (nSPS) is 12.7. The summed E-state index contributed by atoms with van der Waals surface area (Å²) in [6, 6.07) is 5.47. The van der Waals surface area contributed by atoms with Gasteiger partial charge >= 0.3 is 11.7 Å². The summed E-state index contributed by atoms with van der Waals surface area (Å²) in [7, 11) is 0. The Morgan fingerprint density at radius 2 is 2.32 bits per heavy atom. The highest BCUT2D eigenvalue weighted by Crippen LogP contribution is 2.12. The molecule has 0 aliphatic heterocycles. The van der Waals surface area contributed by atoms with Gasteiger partial charge in [0.2, 0.25) is 0 Å². The van der Waals surface area contributed by atoms with Gasteiger partial charge in [-0.2, -0.15) is 0 Å². The van der Waals surface area contributed by atoms with E-state index in [1.54, 1.807) is 19.1 Å². The fourth-order valence-corrected chi connectivity index (χ4v) is 1.77. The lowest BCUT2D eigenvalue weighted by molar-refractivity contribution is -0.141. The predicted octanol–water partition coefficient (Wildman–Crippen LogP) is 1.32. The van der Waals surface area contributed by atoms with Crippen molar-refractivity contribution in [3.63, 3.8) is 0 Å². The first-order chi connectivity index (χ1) is 9.06. The van der Waals surface area contributed by atoms with Crippen LogP contribution in [0.2, 0.25) is 0 Å². The van der Waals surface area contributed by atoms with E-state index in [1.807, 2.05) is 6.07 Å². The van der Waals surface area contributed by atoms with Crippen molar-refractivity contribution in [2.24, 2.45) is 5.92 Å². The lowest BCUT2D eigenvalue weighted by atomic mass is 10.1. The summed E-state index contributed by atoms with van der Waals surface area (Å²) in [6.07, 6.45) is 0.580. The minimum atomic E-state index is -0.780. The molecule has 0 spiro atoms. The van der Waals surface area contributed by atoms with Gasteiger partial charge in [-0.25, -0.2) is 4.79 Å². The molecule has 0 saturated carbocycles. The number of oxazole rings is 1. The molecule has 3 N–H and O–H groups in total. The van der Waals surface area contributed by atoms with Gasteiger partial charge in [0.05, 0.1) is 11.4 Å². The monoisotopic (exact) mass is 264 g/mol. The van der Waals surface area contributed by atoms with Crippen molar-refractivity contribution in [1.82, 2.24) is 10.3 Å². The molecule has 1 atom stereocenters. The molecule has 0 amide bonds. The van der Waals surface area contributed by atoms with Gasteiger partial charge < -0.3 is 14.8 Å². The third-order valence-corrected chi connectivity index (χ3v) is 2.99. The van der Waals surface area contributed by atoms with Gasteiger partial charge in [-0.1, -0.05) is 13.0 Å². The standard InChI is InChI=1S/C13H16N2O4/c1-8(12(16)17)4-5-14-7-9-2-3-10-11(6-9)19-13(18)15-10/h2-3,6,8,14H,4-5,7H2,1H3,(H,15,18)(H,16,17). The van der Waals surface area contributed by atoms with Crippen molar-refractivity contribution >= 4 is 17.1 Å². The number of carboxylic acids is 1. The summed E-state index contributed by atoms with van der Waals surface area (Å²) in [5.74, 6) is -1.59. The molecule has 6 heteroatoms. The van der Waals surface area contributed by atoms with Crippen molar-refractivity contribution in [2.75, 3.05) is 6.54 Å². The van der Waals surface area contributed by atoms with Crippen LogP contribution in [-0.2, 0) is 11.3 Å². The van der Waals surface area contributed by atoms with Crippen molar-refractivity contribution in [3.05, 3.63) is 34.3 Å². The summed E-state index contributed by atoms with van der Waals surface area (Å²) in [5, 5.41) is 11.9. The first-order valence-electron chi connectivity index (χ1n) is 6.11. The Bertz CT molecular complexity index is 629. The predicted molar refractivity (Wildman–Crippen MR) is 70.0 cm³/mol. The van der Waals surface area contributed by atoms with E-state index in [0.717, 1.165) is 5.56 Å². The molecular weight excluding hydrogens is 248 g/mol. The largest absolute Gasteiger partial charge is 0.481 e. The van der Waals surface area contributed by atoms with E-state index in [2.05, 4.69) is 10.3 Å². The zero-order valence-corrected chi connectivity index (χ0v) is 10.6. The van der Waals surface area contributed by atoms with E-state index in [-0.39, 0.29) is 5.92 Å². The zero-order chi connectivity index (χ0) is 13.8. The van der Waals surface area contributed by atoms with Crippen LogP contribution in [0.15, 0.2) is 27.4 Å². The molecule has 0 aliphatic carbocycles. The number of carboxylic acid groups (broad SMARTS) is 1. The molecule has 19 heavy (non-hydrogen) atoms. The molecule has 1 unspecified atom stereocenters. The minimum Gasteiger partial charge on any atom is -0.481 e. The molecule has 102 valence electrons. The van der Waals surface area contributed by atoms with Crippen LogP contribution in [-0.4, -0.2) is 22.6 Å². The van der Waals surface area contributed by atoms with Gasteiger partial charge in [0.15, 0.2) is 5.58 Å². The lowest BCUT2D eigenvalue weighted by Gasteiger charge is -2.07. The Morgan fingerprint density at radius 3 is 3.05 bits per heavy atom. The molecule has 0 fully saturated rings. The number of nitrogens with one attached hydrogen (secondary N) is 2. The Hall–Kier alpha value is -2.08. The number of aromatic nitrogens is 1. The first-order valence-corrected chi connectivity index (χ1v) is 6.11. The minimum absolute atomic E-state index is 0.349. The number of hydrogen-bond acceptors (Lipinski definition) is 4. The first kappa shape index (κ1) is 13.4. The molecular formula is C13H16N2O4. The number of H-pyrrole nitrogens is 1. The third-order valence-electron chi connectivity index (χ3n) is 2.99. The Morgan fingerprint density at radius 1 is 1.53 bits per heavy atom. The van der Waals surface area contributed by atoms with Crippen LogP contribution in [0.5, 0.6) is 0 Å². The number of fused-ring (bicyclic) bond motifs is 1. The van der Waals surface area contributed by atoms with E-state index < -0.39 is 11.7 Å². The van der Waals surface area contributed by atoms with Gasteiger partial charge in [0.1, 0.15) is 0 Å². The Kier molecular flexibility index (Phi) is 4.01. The highest BCUT2D eigenvalue weighted by molar-refractivity contribution is 5.72. The van der Waals surface area contributed by atoms with Gasteiger partial charge in [-0.05, 0) is 30.7 Å². The molecule has 0 saturated heterocycles. The summed E-state index contributed by atoms with van der Waals surface area (Å²) >= 11 is 0. The molecule has 0 aliphatic rings. The lowest BCUT2D eigenvalue weighted by Crippen LogP contribution is -2.20. The number of aliphatic carboxylic acids is 1. The summed E-state index contributed by atoms with van der Waals surface area (Å²) in [5.41, 5.74) is 2.19. The average Bonchev–Trinajstić information content (AvgIpc) is 2.73. The summed E-state index contributed by atoms with van der Waals surface area (Å²) in [4.78, 5) is 24.2. The molecule has 2 rings (SSSR count). The van der Waals surface area contributed by atoms with Crippen LogP contribution < -0.4 is 11.1 Å². The second-order valence-corrected chi connectivity index (χ2v) is 4.55. The Balaban J connectivity index is 1.88. The SMILES string of the molecule is CC(CCNCc1ccc2[nH]c(=O)oc2c1)C(=O)O. The Labute approximate surface area is 109 Å². The molecule has 1 aromatic heterocycles. The van der Waals surface area contributed by atoms with Crippen LogP contribution in [0.4, 0.5) is 0 Å². The zero-order valence-electron chi connectivity index (χ0n) is 10.6. The second-order valence-electron chi connectivity index (χ2n) is 4.55. The van der Waals surface area contributed by atoms with Crippen LogP contribution in [0.3, 0.4) is 0 Å². The maximum absolute atomic E-state index is 11.0. The van der Waals surface area contributed by atoms with E-state index in [0.29, 0.717) is 30.6 Å². The van der Waals surface area contributed by atoms with E-state index in [4.69, 9.17) is 9.52 Å². The average molecular weight is 264 g/mol. The fourth-order valence-electron chi connectivity index (χ4n) is 1.77. The summed E-state index contributed by atoms with van der Waals surface area (Å²) < 4.78 is 4.97. The maximum Gasteiger partial charge on any atom is 0.417 e. The van der Waals surface area contributed by atoms with Crippen LogP contribution in [0, 0.1) is 5.92 Å². The maximum atomic E-state index is 11.0. The fraction of sp³-hybridized carbons (Fsp3) is 0.385. The van der Waals surface area contributed by atoms with Crippen molar-refractivity contribution in [1.29, 1.82) is 0 Å². The van der Waals surface area contributed by atoms with Crippen LogP contribution in [0.1, 0.15) is 18.9 Å². The highest BCUT2D eigenvalue weighted by Gasteiger charge is 2.09. The molecule has 0 radical (unpaired) electrons. The third kappa shape index (κ3) is 3.45. The molecule has 0 bridgehead atoms. The van der Waals surface area contributed by atoms with Crippen molar-refractivity contribution in [3.8, 4) is 0 Å². The number of hydrogen-bond donors (Lipinski definition) is 3. The van der Waals surface area contributed by atoms with Crippen LogP contribution >= 0.6 is 0 Å². The number of aromatic amines is 1. The molecule has 2 aromatic rings. The number of carbonyl (C=O) groups is 1. The highest BCUT2D eigenvalue weighted by atomic mass is 16.4. The molecule has 6 nitrogen and oxygen atoms in total. The number of rotatable bonds is 6. The van der Waals surface area contributed by atoms with Gasteiger partial charge in [-0.3, -0.25) is 9.78 Å². The van der Waals surface area contributed by atoms with Crippen molar-refractivity contribution in [2.45, 2.75) is 19.9 Å². The molecule has 1 heterocycles. The van der Waals surface area contributed by atoms with Gasteiger partial charge in [0.25, 0.3) is 0 Å². The second kappa shape index (κ2) is 5.71.